The van der Waals surface area contributed by atoms with E-state index in [1.807, 2.05) is 25.1 Å². The normalized spacial score (nSPS) is 13.4. The first kappa shape index (κ1) is 8.26. The fourth-order valence-corrected chi connectivity index (χ4v) is 1.48. The Labute approximate surface area is 76.4 Å². The number of rotatable bonds is 2. The van der Waals surface area contributed by atoms with Crippen LogP contribution in [0.25, 0.3) is 11.0 Å². The van der Waals surface area contributed by atoms with Gasteiger partial charge >= 0.3 is 0 Å². The molecule has 0 saturated carbocycles. The van der Waals surface area contributed by atoms with Gasteiger partial charge in [-0.15, -0.1) is 0 Å². The Morgan fingerprint density at radius 1 is 1.54 bits per heavy atom. The Bertz CT molecular complexity index is 408. The molecule has 0 radical (unpaired) electrons. The number of nitrogens with one attached hydrogen (secondary N) is 1. The second-order valence-electron chi connectivity index (χ2n) is 3.23. The van der Waals surface area contributed by atoms with Crippen LogP contribution in [0.15, 0.2) is 24.5 Å². The zero-order valence-corrected chi connectivity index (χ0v) is 7.49. The number of hydrogen-bond acceptors (Lipinski definition) is 2. The molecule has 2 rings (SSSR count). The minimum atomic E-state index is 0.145. The first-order valence-electron chi connectivity index (χ1n) is 4.35. The molecule has 0 aliphatic carbocycles. The summed E-state index contributed by atoms with van der Waals surface area (Å²) in [5, 5.41) is 9.05. The van der Waals surface area contributed by atoms with Gasteiger partial charge in [0.2, 0.25) is 0 Å². The summed E-state index contributed by atoms with van der Waals surface area (Å²) in [6.07, 6.45) is 1.68. The number of H-pyrrole nitrogens is 1. The Kier molecular flexibility index (Phi) is 2.02. The van der Waals surface area contributed by atoms with Crippen LogP contribution in [-0.4, -0.2) is 21.7 Å². The molecule has 0 amide bonds. The third-order valence-corrected chi connectivity index (χ3v) is 2.29. The van der Waals surface area contributed by atoms with Gasteiger partial charge in [-0.2, -0.15) is 0 Å². The number of benzene rings is 1. The van der Waals surface area contributed by atoms with Crippen LogP contribution in [0.5, 0.6) is 0 Å². The summed E-state index contributed by atoms with van der Waals surface area (Å²) in [5.74, 6) is 0.145. The third kappa shape index (κ3) is 1.31. The van der Waals surface area contributed by atoms with Crippen LogP contribution < -0.4 is 0 Å². The highest BCUT2D eigenvalue weighted by Gasteiger charge is 2.09. The van der Waals surface area contributed by atoms with E-state index in [2.05, 4.69) is 9.97 Å². The summed E-state index contributed by atoms with van der Waals surface area (Å²) in [6, 6.07) is 5.96. The fraction of sp³-hybridized carbons (Fsp3) is 0.300. The van der Waals surface area contributed by atoms with Gasteiger partial charge in [0.25, 0.3) is 0 Å². The minimum absolute atomic E-state index is 0.145. The van der Waals surface area contributed by atoms with Crippen molar-refractivity contribution in [3.8, 4) is 0 Å². The molecule has 3 nitrogen and oxygen atoms in total. The van der Waals surface area contributed by atoms with E-state index >= 15 is 0 Å². The molecule has 0 spiro atoms. The number of imidazole rings is 1. The predicted molar refractivity (Wildman–Crippen MR) is 51.6 cm³/mol. The first-order valence-corrected chi connectivity index (χ1v) is 4.35. The van der Waals surface area contributed by atoms with Gasteiger partial charge in [-0.05, 0) is 11.6 Å². The second kappa shape index (κ2) is 3.18. The van der Waals surface area contributed by atoms with E-state index in [9.17, 15) is 0 Å². The van der Waals surface area contributed by atoms with Gasteiger partial charge in [0.15, 0.2) is 0 Å². The van der Waals surface area contributed by atoms with Gasteiger partial charge < -0.3 is 10.1 Å². The highest BCUT2D eigenvalue weighted by atomic mass is 16.3. The van der Waals surface area contributed by atoms with Gasteiger partial charge in [-0.3, -0.25) is 0 Å². The van der Waals surface area contributed by atoms with E-state index in [-0.39, 0.29) is 12.5 Å². The summed E-state index contributed by atoms with van der Waals surface area (Å²) in [4.78, 5) is 7.27. The lowest BCUT2D eigenvalue weighted by molar-refractivity contribution is 0.273. The zero-order chi connectivity index (χ0) is 9.26. The lowest BCUT2D eigenvalue weighted by Crippen LogP contribution is -1.99. The average molecular weight is 176 g/mol. The van der Waals surface area contributed by atoms with Crippen molar-refractivity contribution in [1.82, 2.24) is 9.97 Å². The molecule has 0 saturated heterocycles. The van der Waals surface area contributed by atoms with Crippen molar-refractivity contribution in [2.45, 2.75) is 12.8 Å². The molecule has 68 valence electrons. The topological polar surface area (TPSA) is 48.9 Å². The lowest BCUT2D eigenvalue weighted by atomic mass is 10.0. The molecular formula is C10H12N2O. The molecule has 0 aliphatic heterocycles. The van der Waals surface area contributed by atoms with Gasteiger partial charge in [-0.25, -0.2) is 4.98 Å². The van der Waals surface area contributed by atoms with Crippen molar-refractivity contribution >= 4 is 11.0 Å². The molecule has 1 heterocycles. The van der Waals surface area contributed by atoms with E-state index in [1.165, 1.54) is 0 Å². The fourth-order valence-electron chi connectivity index (χ4n) is 1.48. The Hall–Kier alpha value is -1.35. The molecule has 2 N–H and O–H groups in total. The van der Waals surface area contributed by atoms with Crippen LogP contribution in [0.4, 0.5) is 0 Å². The van der Waals surface area contributed by atoms with Gasteiger partial charge in [0, 0.05) is 12.5 Å². The Morgan fingerprint density at radius 2 is 2.38 bits per heavy atom. The van der Waals surface area contributed by atoms with E-state index in [4.69, 9.17) is 5.11 Å². The molecule has 0 aliphatic rings. The molecular weight excluding hydrogens is 164 g/mol. The maximum absolute atomic E-state index is 9.05. The molecule has 1 aromatic carbocycles. The summed E-state index contributed by atoms with van der Waals surface area (Å²) in [6.45, 7) is 2.15. The zero-order valence-electron chi connectivity index (χ0n) is 7.49. The quantitative estimate of drug-likeness (QED) is 0.731. The van der Waals surface area contributed by atoms with E-state index in [1.54, 1.807) is 6.33 Å². The molecule has 0 fully saturated rings. The van der Waals surface area contributed by atoms with E-state index in [0.717, 1.165) is 16.6 Å². The molecule has 13 heavy (non-hydrogen) atoms. The van der Waals surface area contributed by atoms with Gasteiger partial charge in [0.05, 0.1) is 17.4 Å². The highest BCUT2D eigenvalue weighted by Crippen LogP contribution is 2.22. The van der Waals surface area contributed by atoms with Crippen molar-refractivity contribution in [2.75, 3.05) is 6.61 Å². The van der Waals surface area contributed by atoms with Crippen LogP contribution in [0, 0.1) is 0 Å². The van der Waals surface area contributed by atoms with Gasteiger partial charge in [0.1, 0.15) is 0 Å². The molecule has 1 unspecified atom stereocenters. The lowest BCUT2D eigenvalue weighted by Gasteiger charge is -2.07. The Morgan fingerprint density at radius 3 is 3.15 bits per heavy atom. The molecule has 2 aromatic rings. The second-order valence-corrected chi connectivity index (χ2v) is 3.23. The number of aliphatic hydroxyl groups is 1. The predicted octanol–water partition coefficient (Wildman–Crippen LogP) is 1.66. The average Bonchev–Trinajstić information content (AvgIpc) is 2.63. The third-order valence-electron chi connectivity index (χ3n) is 2.29. The maximum atomic E-state index is 9.05. The van der Waals surface area contributed by atoms with Crippen molar-refractivity contribution in [3.63, 3.8) is 0 Å². The molecule has 0 bridgehead atoms. The van der Waals surface area contributed by atoms with E-state index in [0.29, 0.717) is 0 Å². The number of aromatic nitrogens is 2. The molecule has 1 aromatic heterocycles. The van der Waals surface area contributed by atoms with E-state index < -0.39 is 0 Å². The van der Waals surface area contributed by atoms with Crippen LogP contribution >= 0.6 is 0 Å². The van der Waals surface area contributed by atoms with Crippen molar-refractivity contribution in [2.24, 2.45) is 0 Å². The maximum Gasteiger partial charge on any atom is 0.0931 e. The van der Waals surface area contributed by atoms with Crippen molar-refractivity contribution in [3.05, 3.63) is 30.1 Å². The monoisotopic (exact) mass is 176 g/mol. The number of fused-ring (bicyclic) bond motifs is 1. The summed E-state index contributed by atoms with van der Waals surface area (Å²) in [5.41, 5.74) is 3.09. The van der Waals surface area contributed by atoms with Crippen LogP contribution in [0.1, 0.15) is 18.4 Å². The number of nitrogens with zero attached hydrogens (tertiary/aromatic N) is 1. The van der Waals surface area contributed by atoms with Crippen molar-refractivity contribution in [1.29, 1.82) is 0 Å². The van der Waals surface area contributed by atoms with Crippen LogP contribution in [-0.2, 0) is 0 Å². The van der Waals surface area contributed by atoms with Gasteiger partial charge in [-0.1, -0.05) is 19.1 Å². The van der Waals surface area contributed by atoms with Crippen molar-refractivity contribution < 1.29 is 5.11 Å². The standard InChI is InChI=1S/C10H12N2O/c1-7(5-13)8-3-2-4-9-10(8)12-6-11-9/h2-4,6-7,13H,5H2,1H3,(H,11,12). The largest absolute Gasteiger partial charge is 0.396 e. The number of aliphatic hydroxyl groups excluding tert-OH is 1. The SMILES string of the molecule is CC(CO)c1cccc2[nH]cnc12. The highest BCUT2D eigenvalue weighted by molar-refractivity contribution is 5.78. The number of para-hydroxylation sites is 1. The number of aromatic amines is 1. The summed E-state index contributed by atoms with van der Waals surface area (Å²) < 4.78 is 0. The Balaban J connectivity index is 2.60. The minimum Gasteiger partial charge on any atom is -0.396 e. The van der Waals surface area contributed by atoms with Crippen LogP contribution in [0.3, 0.4) is 0 Å². The van der Waals surface area contributed by atoms with Crippen LogP contribution in [0.2, 0.25) is 0 Å². The summed E-state index contributed by atoms with van der Waals surface area (Å²) in [7, 11) is 0. The molecule has 1 atom stereocenters. The number of hydrogen-bond donors (Lipinski definition) is 2. The summed E-state index contributed by atoms with van der Waals surface area (Å²) >= 11 is 0. The smallest absolute Gasteiger partial charge is 0.0931 e. The molecule has 3 heteroatoms. The first-order chi connectivity index (χ1) is 6.33.